The number of rotatable bonds is 16. The third-order valence-corrected chi connectivity index (χ3v) is 10.2. The summed E-state index contributed by atoms with van der Waals surface area (Å²) in [5.74, 6) is -0.432. The first-order valence-corrected chi connectivity index (χ1v) is 20.1. The van der Waals surface area contributed by atoms with Crippen LogP contribution in [-0.4, -0.2) is 50.4 Å². The molecule has 0 saturated heterocycles. The van der Waals surface area contributed by atoms with Gasteiger partial charge in [0, 0.05) is 27.7 Å². The molecule has 0 saturated carbocycles. The quantitative estimate of drug-likeness (QED) is 0.0427. The fraction of sp³-hybridized carbons (Fsp3) is 0.154. The van der Waals surface area contributed by atoms with Gasteiger partial charge in [-0.15, -0.1) is 0 Å². The Morgan fingerprint density at radius 1 is 0.484 bits per heavy atom. The lowest BCUT2D eigenvalue weighted by atomic mass is 9.70. The molecular weight excluding hydrogens is 781 g/mol. The molecule has 314 valence electrons. The molecule has 10 heteroatoms. The van der Waals surface area contributed by atoms with E-state index in [0.29, 0.717) is 22.6 Å². The Kier molecular flexibility index (Phi) is 14.5. The van der Waals surface area contributed by atoms with Crippen LogP contribution in [0.5, 0.6) is 11.5 Å². The normalized spacial score (nSPS) is 10.8. The number of amides is 2. The summed E-state index contributed by atoms with van der Waals surface area (Å²) in [5, 5.41) is 5.30. The molecule has 6 aromatic rings. The Morgan fingerprint density at radius 2 is 0.839 bits per heavy atom. The Labute approximate surface area is 361 Å². The van der Waals surface area contributed by atoms with Crippen molar-refractivity contribution in [2.75, 3.05) is 26.3 Å². The largest absolute Gasteiger partial charge is 0.460 e. The summed E-state index contributed by atoms with van der Waals surface area (Å²) >= 11 is 0. The van der Waals surface area contributed by atoms with E-state index in [1.807, 2.05) is 103 Å². The van der Waals surface area contributed by atoms with Crippen LogP contribution in [0.4, 0.5) is 9.59 Å². The van der Waals surface area contributed by atoms with E-state index < -0.39 is 29.5 Å². The van der Waals surface area contributed by atoms with E-state index in [0.717, 1.165) is 38.9 Å². The summed E-state index contributed by atoms with van der Waals surface area (Å²) in [5.41, 5.74) is 7.58. The molecule has 6 aromatic carbocycles. The molecule has 0 atom stereocenters. The number of carbonyl (C=O) groups excluding carboxylic acids is 4. The van der Waals surface area contributed by atoms with E-state index in [1.165, 1.54) is 0 Å². The average Bonchev–Trinajstić information content (AvgIpc) is 3.30. The summed E-state index contributed by atoms with van der Waals surface area (Å²) in [4.78, 5) is 49.8. The highest BCUT2D eigenvalue weighted by Crippen LogP contribution is 2.45. The third kappa shape index (κ3) is 10.9. The highest BCUT2D eigenvalue weighted by Gasteiger charge is 2.33. The SMILES string of the molecule is C=C(C)C(=O)OCCNC(=O)Oc1ccc(C(C)(c2ccc(-c3ccccc3)cc2)c2ccc(OC(=O)NCCOC(=O)C(=C)C)c(-c3ccccc3)c2)cc1-c1ccccc1. The summed E-state index contributed by atoms with van der Waals surface area (Å²) in [6, 6.07) is 49.3. The topological polar surface area (TPSA) is 129 Å². The van der Waals surface area contributed by atoms with E-state index in [1.54, 1.807) is 26.0 Å². The van der Waals surface area contributed by atoms with Crippen LogP contribution in [0.15, 0.2) is 176 Å². The minimum Gasteiger partial charge on any atom is -0.460 e. The molecule has 0 unspecified atom stereocenters. The van der Waals surface area contributed by atoms with Gasteiger partial charge < -0.3 is 29.6 Å². The molecule has 0 aliphatic rings. The van der Waals surface area contributed by atoms with Gasteiger partial charge in [0.1, 0.15) is 24.7 Å². The van der Waals surface area contributed by atoms with E-state index in [2.05, 4.69) is 67.1 Å². The van der Waals surface area contributed by atoms with Crippen molar-refractivity contribution < 1.29 is 38.1 Å². The number of hydrogen-bond acceptors (Lipinski definition) is 8. The van der Waals surface area contributed by atoms with E-state index in [9.17, 15) is 19.2 Å². The van der Waals surface area contributed by atoms with Crippen molar-refractivity contribution in [1.29, 1.82) is 0 Å². The van der Waals surface area contributed by atoms with Crippen LogP contribution in [0.3, 0.4) is 0 Å². The predicted octanol–water partition coefficient (Wildman–Crippen LogP) is 10.5. The van der Waals surface area contributed by atoms with Gasteiger partial charge in [0.05, 0.1) is 13.1 Å². The van der Waals surface area contributed by atoms with Gasteiger partial charge in [-0.3, -0.25) is 0 Å². The first-order chi connectivity index (χ1) is 29.9. The van der Waals surface area contributed by atoms with Gasteiger partial charge in [0.2, 0.25) is 0 Å². The third-order valence-electron chi connectivity index (χ3n) is 10.2. The molecule has 0 bridgehead atoms. The van der Waals surface area contributed by atoms with Crippen molar-refractivity contribution in [2.24, 2.45) is 0 Å². The first kappa shape index (κ1) is 43.8. The second kappa shape index (κ2) is 20.5. The maximum absolute atomic E-state index is 13.1. The monoisotopic (exact) mass is 828 g/mol. The summed E-state index contributed by atoms with van der Waals surface area (Å²) in [7, 11) is 0. The molecule has 0 aliphatic heterocycles. The molecule has 0 spiro atoms. The number of hydrogen-bond donors (Lipinski definition) is 2. The molecule has 2 N–H and O–H groups in total. The maximum atomic E-state index is 13.1. The fourth-order valence-electron chi connectivity index (χ4n) is 6.79. The Bertz CT molecular complexity index is 2420. The van der Waals surface area contributed by atoms with Crippen molar-refractivity contribution in [1.82, 2.24) is 10.6 Å². The minimum atomic E-state index is -0.829. The average molecular weight is 829 g/mol. The van der Waals surface area contributed by atoms with Crippen molar-refractivity contribution in [3.8, 4) is 44.9 Å². The lowest BCUT2D eigenvalue weighted by Gasteiger charge is -2.33. The minimum absolute atomic E-state index is 0.0425. The lowest BCUT2D eigenvalue weighted by Crippen LogP contribution is -2.31. The van der Waals surface area contributed by atoms with Gasteiger partial charge in [-0.05, 0) is 84.0 Å². The van der Waals surface area contributed by atoms with Gasteiger partial charge in [0.25, 0.3) is 0 Å². The smallest absolute Gasteiger partial charge is 0.412 e. The van der Waals surface area contributed by atoms with E-state index in [-0.39, 0.29) is 37.4 Å². The summed E-state index contributed by atoms with van der Waals surface area (Å²) < 4.78 is 22.0. The first-order valence-electron chi connectivity index (χ1n) is 20.1. The summed E-state index contributed by atoms with van der Waals surface area (Å²) in [6.45, 7) is 12.4. The molecular formula is C52H48N2O8. The highest BCUT2D eigenvalue weighted by atomic mass is 16.6. The highest BCUT2D eigenvalue weighted by molar-refractivity contribution is 5.87. The molecule has 2 amide bonds. The van der Waals surface area contributed by atoms with Crippen LogP contribution in [-0.2, 0) is 24.5 Å². The number of ether oxygens (including phenoxy) is 4. The molecule has 6 rings (SSSR count). The zero-order chi connectivity index (χ0) is 44.1. The Balaban J connectivity index is 1.41. The lowest BCUT2D eigenvalue weighted by molar-refractivity contribution is -0.139. The second-order valence-electron chi connectivity index (χ2n) is 14.7. The second-order valence-corrected chi connectivity index (χ2v) is 14.7. The van der Waals surface area contributed by atoms with Crippen molar-refractivity contribution >= 4 is 24.1 Å². The van der Waals surface area contributed by atoms with Crippen LogP contribution < -0.4 is 20.1 Å². The van der Waals surface area contributed by atoms with Crippen LogP contribution in [0.1, 0.15) is 37.5 Å². The Hall–Kier alpha value is -7.72. The standard InChI is InChI=1S/C52H48N2O8/c1-35(2)48(55)59-31-29-53-50(57)61-46-27-25-42(33-44(46)39-17-11-7-12-18-39)52(5,41-23-21-38(22-24-41)37-15-9-6-10-16-37)43-26-28-47(45(34-43)40-19-13-8-14-20-40)62-51(58)54-30-32-60-49(56)36(3)4/h6-28,33-34H,1,3,29-32H2,2,4-5H3,(H,53,57)(H,54,58). The molecule has 62 heavy (non-hydrogen) atoms. The van der Waals surface area contributed by atoms with E-state index >= 15 is 0 Å². The van der Waals surface area contributed by atoms with Crippen LogP contribution in [0.25, 0.3) is 33.4 Å². The molecule has 0 heterocycles. The number of esters is 2. The number of carbonyl (C=O) groups is 4. The number of nitrogens with one attached hydrogen (secondary N) is 2. The van der Waals surface area contributed by atoms with Gasteiger partial charge >= 0.3 is 24.1 Å². The van der Waals surface area contributed by atoms with E-state index in [4.69, 9.17) is 18.9 Å². The van der Waals surface area contributed by atoms with Crippen molar-refractivity contribution in [2.45, 2.75) is 26.2 Å². The van der Waals surface area contributed by atoms with Gasteiger partial charge in [-0.25, -0.2) is 19.2 Å². The number of benzene rings is 6. The Morgan fingerprint density at radius 3 is 1.23 bits per heavy atom. The van der Waals surface area contributed by atoms with Crippen molar-refractivity contribution in [3.63, 3.8) is 0 Å². The maximum Gasteiger partial charge on any atom is 0.412 e. The summed E-state index contributed by atoms with van der Waals surface area (Å²) in [6.07, 6.45) is -1.42. The zero-order valence-electron chi connectivity index (χ0n) is 34.9. The van der Waals surface area contributed by atoms with Gasteiger partial charge in [0.15, 0.2) is 0 Å². The van der Waals surface area contributed by atoms with Crippen molar-refractivity contribution in [3.05, 3.63) is 193 Å². The predicted molar refractivity (Wildman–Crippen MR) is 241 cm³/mol. The van der Waals surface area contributed by atoms with Crippen LogP contribution in [0, 0.1) is 0 Å². The molecule has 0 aliphatic carbocycles. The van der Waals surface area contributed by atoms with Crippen LogP contribution >= 0.6 is 0 Å². The molecule has 0 aromatic heterocycles. The fourth-order valence-corrected chi connectivity index (χ4v) is 6.79. The van der Waals surface area contributed by atoms with Crippen LogP contribution in [0.2, 0.25) is 0 Å². The van der Waals surface area contributed by atoms with Gasteiger partial charge in [-0.1, -0.05) is 141 Å². The van der Waals surface area contributed by atoms with Gasteiger partial charge in [-0.2, -0.15) is 0 Å². The zero-order valence-corrected chi connectivity index (χ0v) is 34.9. The molecule has 0 fully saturated rings. The molecule has 10 nitrogen and oxygen atoms in total. The molecule has 0 radical (unpaired) electrons.